The van der Waals surface area contributed by atoms with Crippen molar-refractivity contribution in [2.45, 2.75) is 12.8 Å². The van der Waals surface area contributed by atoms with E-state index in [4.69, 9.17) is 0 Å². The maximum atomic E-state index is 12.5. The molecule has 1 aliphatic rings. The molecule has 0 radical (unpaired) electrons. The Kier molecular flexibility index (Phi) is 3.46. The van der Waals surface area contributed by atoms with Crippen LogP contribution in [-0.2, 0) is 4.79 Å². The van der Waals surface area contributed by atoms with Gasteiger partial charge in [0.15, 0.2) is 0 Å². The Balaban J connectivity index is 1.93. The summed E-state index contributed by atoms with van der Waals surface area (Å²) in [5, 5.41) is 5.90. The van der Waals surface area contributed by atoms with Crippen molar-refractivity contribution in [1.29, 1.82) is 0 Å². The normalized spacial score (nSPS) is 20.4. The fourth-order valence-corrected chi connectivity index (χ4v) is 1.77. The predicted octanol–water partition coefficient (Wildman–Crippen LogP) is 1.16. The van der Waals surface area contributed by atoms with Crippen LogP contribution in [0.1, 0.15) is 12.8 Å². The van der Waals surface area contributed by atoms with E-state index in [1.807, 2.05) is 0 Å². The van der Waals surface area contributed by atoms with Gasteiger partial charge in [0, 0.05) is 6.54 Å². The first-order valence-electron chi connectivity index (χ1n) is 5.39. The molecule has 2 rings (SSSR count). The van der Waals surface area contributed by atoms with E-state index >= 15 is 0 Å². The predicted molar refractivity (Wildman–Crippen MR) is 58.4 cm³/mol. The zero-order valence-corrected chi connectivity index (χ0v) is 8.87. The van der Waals surface area contributed by atoms with Gasteiger partial charge in [0.1, 0.15) is 0 Å². The lowest BCUT2D eigenvalue weighted by molar-refractivity contribution is -0.120. The van der Waals surface area contributed by atoms with Gasteiger partial charge >= 0.3 is 0 Å². The van der Waals surface area contributed by atoms with E-state index in [2.05, 4.69) is 15.6 Å². The molecule has 1 aliphatic heterocycles. The molecule has 0 unspecified atom stereocenters. The van der Waals surface area contributed by atoms with Crippen LogP contribution >= 0.6 is 0 Å². The number of amides is 1. The summed E-state index contributed by atoms with van der Waals surface area (Å²) in [5.41, 5.74) is 0.539. The molecule has 2 N–H and O–H groups in total. The maximum absolute atomic E-state index is 12.5. The zero-order chi connectivity index (χ0) is 11.4. The monoisotopic (exact) mass is 223 g/mol. The van der Waals surface area contributed by atoms with Crippen LogP contribution in [0.4, 0.5) is 10.1 Å². The Hall–Kier alpha value is -1.49. The van der Waals surface area contributed by atoms with Crippen LogP contribution in [0.2, 0.25) is 0 Å². The van der Waals surface area contributed by atoms with Crippen LogP contribution in [0.5, 0.6) is 0 Å². The zero-order valence-electron chi connectivity index (χ0n) is 8.87. The van der Waals surface area contributed by atoms with E-state index in [1.54, 1.807) is 0 Å². The molecule has 1 saturated heterocycles. The van der Waals surface area contributed by atoms with E-state index in [9.17, 15) is 9.18 Å². The van der Waals surface area contributed by atoms with E-state index in [-0.39, 0.29) is 11.8 Å². The molecular weight excluding hydrogens is 209 g/mol. The van der Waals surface area contributed by atoms with Crippen molar-refractivity contribution in [2.75, 3.05) is 18.4 Å². The van der Waals surface area contributed by atoms with Gasteiger partial charge in [-0.3, -0.25) is 4.79 Å². The fourth-order valence-electron chi connectivity index (χ4n) is 1.77. The smallest absolute Gasteiger partial charge is 0.228 e. The Morgan fingerprint density at radius 3 is 3.06 bits per heavy atom. The van der Waals surface area contributed by atoms with Gasteiger partial charge in [-0.25, -0.2) is 4.98 Å². The molecule has 5 heteroatoms. The fraction of sp³-hybridized carbons (Fsp3) is 0.455. The third-order valence-corrected chi connectivity index (χ3v) is 2.66. The highest BCUT2D eigenvalue weighted by atomic mass is 19.1. The number of hydrogen-bond acceptors (Lipinski definition) is 3. The van der Waals surface area contributed by atoms with Gasteiger partial charge in [-0.15, -0.1) is 0 Å². The number of pyridine rings is 1. The van der Waals surface area contributed by atoms with Crippen LogP contribution in [-0.4, -0.2) is 24.0 Å². The Bertz CT molecular complexity index is 360. The molecule has 0 spiro atoms. The third kappa shape index (κ3) is 2.76. The molecule has 0 aromatic carbocycles. The van der Waals surface area contributed by atoms with E-state index in [0.717, 1.165) is 19.4 Å². The summed E-state index contributed by atoms with van der Waals surface area (Å²) < 4.78 is 12.5. The van der Waals surface area contributed by atoms with E-state index < -0.39 is 5.95 Å². The number of halogens is 1. The molecule has 1 aromatic heterocycles. The van der Waals surface area contributed by atoms with Gasteiger partial charge in [-0.1, -0.05) is 0 Å². The third-order valence-electron chi connectivity index (χ3n) is 2.66. The lowest BCUT2D eigenvalue weighted by Crippen LogP contribution is -2.37. The summed E-state index contributed by atoms with van der Waals surface area (Å²) in [4.78, 5) is 15.3. The number of nitrogens with one attached hydrogen (secondary N) is 2. The number of carbonyl (C=O) groups excluding carboxylic acids is 1. The second-order valence-corrected chi connectivity index (χ2v) is 3.90. The highest BCUT2D eigenvalue weighted by Crippen LogP contribution is 2.13. The minimum Gasteiger partial charge on any atom is -0.324 e. The molecule has 4 nitrogen and oxygen atoms in total. The van der Waals surface area contributed by atoms with Gasteiger partial charge < -0.3 is 10.6 Å². The Labute approximate surface area is 93.3 Å². The van der Waals surface area contributed by atoms with E-state index in [0.29, 0.717) is 12.2 Å². The van der Waals surface area contributed by atoms with Crippen molar-refractivity contribution in [2.24, 2.45) is 5.92 Å². The highest BCUT2D eigenvalue weighted by molar-refractivity contribution is 5.92. The second-order valence-electron chi connectivity index (χ2n) is 3.90. The summed E-state index contributed by atoms with van der Waals surface area (Å²) in [7, 11) is 0. The number of carbonyl (C=O) groups is 1. The number of anilines is 1. The molecule has 1 aromatic rings. The highest BCUT2D eigenvalue weighted by Gasteiger charge is 2.20. The molecule has 16 heavy (non-hydrogen) atoms. The van der Waals surface area contributed by atoms with Gasteiger partial charge in [0.05, 0.1) is 17.8 Å². The standard InChI is InChI=1S/C11H14FN3O/c12-10-4-3-9(7-14-10)15-11(16)8-2-1-5-13-6-8/h3-4,7-8,13H,1-2,5-6H2,(H,15,16)/t8-/m1/s1. The lowest BCUT2D eigenvalue weighted by Gasteiger charge is -2.21. The molecule has 1 amide bonds. The molecule has 2 heterocycles. The van der Waals surface area contributed by atoms with Gasteiger partial charge in [0.2, 0.25) is 11.9 Å². The van der Waals surface area contributed by atoms with Crippen LogP contribution in [0.15, 0.2) is 18.3 Å². The van der Waals surface area contributed by atoms with Crippen LogP contribution in [0, 0.1) is 11.9 Å². The molecule has 0 aliphatic carbocycles. The van der Waals surface area contributed by atoms with Crippen molar-refractivity contribution < 1.29 is 9.18 Å². The van der Waals surface area contributed by atoms with Gasteiger partial charge in [0.25, 0.3) is 0 Å². The van der Waals surface area contributed by atoms with Crippen LogP contribution in [0.25, 0.3) is 0 Å². The first-order valence-corrected chi connectivity index (χ1v) is 5.39. The first-order chi connectivity index (χ1) is 7.75. The molecule has 1 atom stereocenters. The van der Waals surface area contributed by atoms with Crippen molar-refractivity contribution in [1.82, 2.24) is 10.3 Å². The van der Waals surface area contributed by atoms with Crippen LogP contribution in [0.3, 0.4) is 0 Å². The number of piperidine rings is 1. The number of rotatable bonds is 2. The summed E-state index contributed by atoms with van der Waals surface area (Å²) in [6.45, 7) is 1.68. The Morgan fingerprint density at radius 1 is 1.56 bits per heavy atom. The average molecular weight is 223 g/mol. The topological polar surface area (TPSA) is 54.0 Å². The molecular formula is C11H14FN3O. The quantitative estimate of drug-likeness (QED) is 0.740. The summed E-state index contributed by atoms with van der Waals surface area (Å²) >= 11 is 0. The minimum atomic E-state index is -0.544. The number of hydrogen-bond donors (Lipinski definition) is 2. The second kappa shape index (κ2) is 5.03. The Morgan fingerprint density at radius 2 is 2.44 bits per heavy atom. The van der Waals surface area contributed by atoms with Crippen molar-refractivity contribution in [3.05, 3.63) is 24.3 Å². The van der Waals surface area contributed by atoms with Crippen molar-refractivity contribution >= 4 is 11.6 Å². The average Bonchev–Trinajstić information content (AvgIpc) is 2.33. The van der Waals surface area contributed by atoms with Crippen molar-refractivity contribution in [3.63, 3.8) is 0 Å². The largest absolute Gasteiger partial charge is 0.324 e. The van der Waals surface area contributed by atoms with Gasteiger partial charge in [-0.05, 0) is 31.5 Å². The summed E-state index contributed by atoms with van der Waals surface area (Å²) in [6.07, 6.45) is 3.23. The molecule has 0 bridgehead atoms. The maximum Gasteiger partial charge on any atom is 0.228 e. The summed E-state index contributed by atoms with van der Waals surface area (Å²) in [5.74, 6) is -0.572. The molecule has 1 fully saturated rings. The number of nitrogens with zero attached hydrogens (tertiary/aromatic N) is 1. The molecule has 86 valence electrons. The van der Waals surface area contributed by atoms with Crippen molar-refractivity contribution in [3.8, 4) is 0 Å². The minimum absolute atomic E-state index is 0.00111. The number of aromatic nitrogens is 1. The van der Waals surface area contributed by atoms with E-state index in [1.165, 1.54) is 18.3 Å². The first kappa shape index (κ1) is 11.0. The molecule has 0 saturated carbocycles. The SMILES string of the molecule is O=C(Nc1ccc(F)nc1)[C@@H]1CCCNC1. The van der Waals surface area contributed by atoms with Crippen LogP contribution < -0.4 is 10.6 Å². The van der Waals surface area contributed by atoms with Gasteiger partial charge in [-0.2, -0.15) is 4.39 Å². The summed E-state index contributed by atoms with van der Waals surface area (Å²) in [6, 6.07) is 2.74. The lowest BCUT2D eigenvalue weighted by atomic mass is 9.99.